The molecule has 1 saturated heterocycles. The number of aromatic nitrogens is 2. The Morgan fingerprint density at radius 1 is 0.944 bits per heavy atom. The van der Waals surface area contributed by atoms with E-state index in [0.29, 0.717) is 25.1 Å². The molecule has 0 saturated carbocycles. The number of aliphatic hydroxyl groups excluding tert-OH is 1. The predicted molar refractivity (Wildman–Crippen MR) is 272 cm³/mol. The van der Waals surface area contributed by atoms with Crippen LogP contribution in [-0.4, -0.2) is 105 Å². The van der Waals surface area contributed by atoms with Crippen LogP contribution in [-0.2, 0) is 25.5 Å². The third-order valence-electron chi connectivity index (χ3n) is 13.6. The summed E-state index contributed by atoms with van der Waals surface area (Å²) in [5.74, 6) is -2.53. The monoisotopic (exact) mass is 1000 g/mol. The standard InChI is InChI=1S/C55H71F3N6O6S/c1-33-26-41-40-16-12-13-17-44(40)61-48(41)49(64(33)31-55(7,8)58)47-42(56)28-39(29-43(47)57)70-24-15-11-9-10-14-23-69-25-22-46(66)62-51(54(4,5)6)53(68)63-30-38(65)27-45(63)52(67)60-34(2)36-18-20-37(21-19-36)50-35(3)59-32-71-50/h12-13,16-21,28-29,32-34,38,45,49,51,61,65H,9-11,14-15,22-27,30-31H2,1-8H3,(H,60,67)(H,62,66)/t33-,34+,38-,45+,49-,51-/m1/s1. The molecule has 16 heteroatoms. The second kappa shape index (κ2) is 23.1. The van der Waals surface area contributed by atoms with Gasteiger partial charge in [-0.2, -0.15) is 0 Å². The Morgan fingerprint density at radius 3 is 2.28 bits per heavy atom. The third-order valence-corrected chi connectivity index (χ3v) is 14.6. The topological polar surface area (TPSA) is 149 Å². The Hall–Kier alpha value is -5.29. The van der Waals surface area contributed by atoms with Crippen LogP contribution >= 0.6 is 11.3 Å². The normalized spacial score (nSPS) is 19.4. The molecule has 12 nitrogen and oxygen atoms in total. The van der Waals surface area contributed by atoms with E-state index >= 15 is 13.2 Å². The Kier molecular flexibility index (Phi) is 17.4. The second-order valence-corrected chi connectivity index (χ2v) is 21.9. The number of nitrogens with one attached hydrogen (secondary N) is 3. The van der Waals surface area contributed by atoms with Crippen LogP contribution in [0.4, 0.5) is 13.2 Å². The number of carbonyl (C=O) groups excluding carboxylic acids is 3. The van der Waals surface area contributed by atoms with Crippen LogP contribution in [0, 0.1) is 24.0 Å². The van der Waals surface area contributed by atoms with E-state index in [0.717, 1.165) is 63.8 Å². The summed E-state index contributed by atoms with van der Waals surface area (Å²) in [6.45, 7) is 15.2. The van der Waals surface area contributed by atoms with Gasteiger partial charge in [-0.1, -0.05) is 82.5 Å². The number of carbonyl (C=O) groups is 3. The van der Waals surface area contributed by atoms with E-state index in [9.17, 15) is 19.5 Å². The number of likely N-dealkylation sites (tertiary alicyclic amines) is 1. The van der Waals surface area contributed by atoms with Gasteiger partial charge in [0.25, 0.3) is 0 Å². The minimum atomic E-state index is -1.59. The van der Waals surface area contributed by atoms with E-state index in [1.165, 1.54) is 30.9 Å². The Bertz CT molecular complexity index is 2600. The van der Waals surface area contributed by atoms with Gasteiger partial charge < -0.3 is 35.1 Å². The first-order valence-corrected chi connectivity index (χ1v) is 25.9. The number of aryl methyl sites for hydroxylation is 1. The molecule has 2 aliphatic heterocycles. The Balaban J connectivity index is 0.815. The number of alkyl halides is 1. The molecule has 6 atom stereocenters. The lowest BCUT2D eigenvalue weighted by atomic mass is 9.85. The van der Waals surface area contributed by atoms with Gasteiger partial charge in [-0.05, 0) is 82.1 Å². The van der Waals surface area contributed by atoms with E-state index in [-0.39, 0.29) is 74.4 Å². The number of aliphatic hydroxyl groups is 1. The Labute approximate surface area is 420 Å². The van der Waals surface area contributed by atoms with Crippen molar-refractivity contribution in [2.45, 2.75) is 149 Å². The zero-order valence-corrected chi connectivity index (χ0v) is 43.2. The summed E-state index contributed by atoms with van der Waals surface area (Å²) in [6, 6.07) is 15.0. The molecule has 3 aromatic carbocycles. The first-order valence-electron chi connectivity index (χ1n) is 25.0. The van der Waals surface area contributed by atoms with Gasteiger partial charge >= 0.3 is 0 Å². The van der Waals surface area contributed by atoms with Crippen molar-refractivity contribution in [3.05, 3.63) is 106 Å². The fourth-order valence-corrected chi connectivity index (χ4v) is 10.8. The van der Waals surface area contributed by atoms with Crippen LogP contribution < -0.4 is 15.4 Å². The third kappa shape index (κ3) is 13.2. The number of unbranched alkanes of at least 4 members (excludes halogenated alkanes) is 4. The van der Waals surface area contributed by atoms with Crippen molar-refractivity contribution < 1.29 is 42.1 Å². The highest BCUT2D eigenvalue weighted by atomic mass is 32.1. The summed E-state index contributed by atoms with van der Waals surface area (Å²) in [6.07, 6.45) is 3.94. The van der Waals surface area contributed by atoms with E-state index in [2.05, 4.69) is 20.6 Å². The number of hydrogen-bond acceptors (Lipinski definition) is 9. The number of amides is 3. The number of halogens is 3. The summed E-state index contributed by atoms with van der Waals surface area (Å²) in [7, 11) is 0. The number of aromatic amines is 1. The highest BCUT2D eigenvalue weighted by Crippen LogP contribution is 2.44. The van der Waals surface area contributed by atoms with Crippen LogP contribution in [0.25, 0.3) is 21.3 Å². The van der Waals surface area contributed by atoms with Gasteiger partial charge in [0.05, 0.1) is 47.5 Å². The molecule has 7 rings (SSSR count). The number of para-hydroxylation sites is 1. The molecule has 1 fully saturated rings. The summed E-state index contributed by atoms with van der Waals surface area (Å²) >= 11 is 1.57. The molecule has 0 radical (unpaired) electrons. The van der Waals surface area contributed by atoms with Crippen molar-refractivity contribution in [3.63, 3.8) is 0 Å². The molecule has 2 aromatic heterocycles. The maximum Gasteiger partial charge on any atom is 0.246 e. The van der Waals surface area contributed by atoms with Gasteiger partial charge in [-0.25, -0.2) is 18.2 Å². The lowest BCUT2D eigenvalue weighted by Crippen LogP contribution is -2.58. The molecule has 0 spiro atoms. The number of hydrogen-bond donors (Lipinski definition) is 4. The van der Waals surface area contributed by atoms with Crippen molar-refractivity contribution in [1.29, 1.82) is 0 Å². The van der Waals surface area contributed by atoms with Crippen LogP contribution in [0.2, 0.25) is 0 Å². The molecule has 3 amide bonds. The molecule has 5 aromatic rings. The molecule has 384 valence electrons. The average molecular weight is 1000 g/mol. The van der Waals surface area contributed by atoms with Gasteiger partial charge in [0.2, 0.25) is 17.7 Å². The maximum atomic E-state index is 16.1. The van der Waals surface area contributed by atoms with Gasteiger partial charge in [0.15, 0.2) is 0 Å². The number of thiazole rings is 1. The van der Waals surface area contributed by atoms with Crippen molar-refractivity contribution in [2.75, 3.05) is 32.9 Å². The summed E-state index contributed by atoms with van der Waals surface area (Å²) in [5.41, 5.74) is 4.84. The Morgan fingerprint density at radius 2 is 1.62 bits per heavy atom. The molecule has 0 aliphatic carbocycles. The van der Waals surface area contributed by atoms with Gasteiger partial charge in [-0.3, -0.25) is 19.3 Å². The fourth-order valence-electron chi connectivity index (χ4n) is 9.95. The fraction of sp³-hybridized carbons (Fsp3) is 0.527. The summed E-state index contributed by atoms with van der Waals surface area (Å²) in [4.78, 5) is 53.0. The van der Waals surface area contributed by atoms with Crippen molar-refractivity contribution in [1.82, 2.24) is 30.4 Å². The van der Waals surface area contributed by atoms with Gasteiger partial charge in [0.1, 0.15) is 35.1 Å². The van der Waals surface area contributed by atoms with Crippen LogP contribution in [0.3, 0.4) is 0 Å². The number of nitrogens with zero attached hydrogens (tertiary/aromatic N) is 3. The molecule has 71 heavy (non-hydrogen) atoms. The zero-order valence-electron chi connectivity index (χ0n) is 42.4. The van der Waals surface area contributed by atoms with Crippen molar-refractivity contribution in [2.24, 2.45) is 5.41 Å². The number of β-amino-alcohol motifs (C(OH)–C–C–N with tert-alkyl or cyclic N) is 1. The minimum Gasteiger partial charge on any atom is -0.493 e. The predicted octanol–water partition coefficient (Wildman–Crippen LogP) is 10.1. The highest BCUT2D eigenvalue weighted by molar-refractivity contribution is 7.13. The molecular weight excluding hydrogens is 930 g/mol. The van der Waals surface area contributed by atoms with Crippen LogP contribution in [0.5, 0.6) is 5.75 Å². The lowest BCUT2D eigenvalue weighted by molar-refractivity contribution is -0.144. The summed E-state index contributed by atoms with van der Waals surface area (Å²) in [5, 5.41) is 17.6. The van der Waals surface area contributed by atoms with Crippen LogP contribution in [0.1, 0.15) is 134 Å². The number of ether oxygens (including phenoxy) is 2. The molecule has 4 heterocycles. The first-order chi connectivity index (χ1) is 33.7. The SMILES string of the molecule is Cc1ncsc1-c1ccc([C@H](C)NC(=O)[C@@H]2C[C@@H](O)CN2C(=O)[C@@H](NC(=O)CCOCCCCCCCOc2cc(F)c([C@@H]3c4[nH]c5ccccc5c4C[C@@H](C)N3CC(C)(C)F)c(F)c2)C(C)(C)C)cc1. The van der Waals surface area contributed by atoms with E-state index in [4.69, 9.17) is 9.47 Å². The number of H-pyrrole nitrogens is 1. The van der Waals surface area contributed by atoms with E-state index in [1.54, 1.807) is 11.3 Å². The average Bonchev–Trinajstić information content (AvgIpc) is 4.03. The van der Waals surface area contributed by atoms with E-state index in [1.807, 2.05) is 100 Å². The molecule has 2 aliphatic rings. The smallest absolute Gasteiger partial charge is 0.246 e. The van der Waals surface area contributed by atoms with Crippen LogP contribution in [0.15, 0.2) is 66.2 Å². The largest absolute Gasteiger partial charge is 0.493 e. The molecule has 0 bridgehead atoms. The number of fused-ring (bicyclic) bond motifs is 3. The first kappa shape index (κ1) is 53.5. The minimum absolute atomic E-state index is 0.000273. The van der Waals surface area contributed by atoms with E-state index < -0.39 is 52.9 Å². The molecule has 4 N–H and O–H groups in total. The van der Waals surface area contributed by atoms with Gasteiger partial charge in [-0.15, -0.1) is 11.3 Å². The highest BCUT2D eigenvalue weighted by Gasteiger charge is 2.45. The van der Waals surface area contributed by atoms with Gasteiger partial charge in [0, 0.05) is 72.9 Å². The second-order valence-electron chi connectivity index (χ2n) is 21.1. The zero-order chi connectivity index (χ0) is 51.2. The molecule has 0 unspecified atom stereocenters. The van der Waals surface area contributed by atoms with Crippen molar-refractivity contribution >= 4 is 40.0 Å². The maximum absolute atomic E-state index is 16.1. The lowest BCUT2D eigenvalue weighted by Gasteiger charge is -2.43. The summed E-state index contributed by atoms with van der Waals surface area (Å²) < 4.78 is 58.9. The number of benzene rings is 3. The molecular formula is C55H71F3N6O6S. The van der Waals surface area contributed by atoms with Crippen molar-refractivity contribution in [3.8, 4) is 16.2 Å². The quantitative estimate of drug-likeness (QED) is 0.0531. The number of rotatable bonds is 21.